The van der Waals surface area contributed by atoms with Crippen molar-refractivity contribution in [3.05, 3.63) is 33.3 Å². The molecule has 1 rings (SSSR count). The van der Waals surface area contributed by atoms with Crippen LogP contribution in [-0.4, -0.2) is 0 Å². The summed E-state index contributed by atoms with van der Waals surface area (Å²) in [4.78, 5) is 4.45. The number of rotatable bonds is 1. The van der Waals surface area contributed by atoms with Crippen molar-refractivity contribution in [1.29, 1.82) is 0 Å². The first-order valence-corrected chi connectivity index (χ1v) is 3.58. The third-order valence-electron chi connectivity index (χ3n) is 1.02. The van der Waals surface area contributed by atoms with E-state index < -0.39 is 0 Å². The summed E-state index contributed by atoms with van der Waals surface area (Å²) in [5.41, 5.74) is 1.26. The molecular weight excluding hydrogens is 130 g/mol. The van der Waals surface area contributed by atoms with Crippen LogP contribution in [0.2, 0.25) is 0 Å². The lowest BCUT2D eigenvalue weighted by molar-refractivity contribution is 1.33. The Kier molecular flexibility index (Phi) is 1.86. The number of hydrogen-bond donors (Lipinski definition) is 0. The fraction of sp³-hybridized carbons (Fsp3) is 0.286. The van der Waals surface area contributed by atoms with Gasteiger partial charge in [0.05, 0.1) is 4.88 Å². The van der Waals surface area contributed by atoms with E-state index in [1.807, 2.05) is 6.92 Å². The van der Waals surface area contributed by atoms with Crippen LogP contribution in [0.4, 0.5) is 0 Å². The average Bonchev–Trinajstić information content (AvgIpc) is 2.17. The summed E-state index contributed by atoms with van der Waals surface area (Å²) in [5.74, 6) is 0. The number of aryl methyl sites for hydroxylation is 1. The minimum absolute atomic E-state index is 0.540. The highest BCUT2D eigenvalue weighted by Gasteiger charge is 1.95. The molecule has 9 heavy (non-hydrogen) atoms. The number of thiophene rings is 1. The van der Waals surface area contributed by atoms with Crippen LogP contribution in [0.25, 0.3) is 4.85 Å². The van der Waals surface area contributed by atoms with Crippen molar-refractivity contribution < 1.29 is 0 Å². The number of hydrogen-bond acceptors (Lipinski definition) is 1. The predicted octanol–water partition coefficient (Wildman–Crippen LogP) is 2.48. The summed E-state index contributed by atoms with van der Waals surface area (Å²) in [6, 6.07) is 2.06. The molecule has 46 valence electrons. The molecule has 0 bridgehead atoms. The molecule has 0 aliphatic rings. The van der Waals surface area contributed by atoms with Gasteiger partial charge in [-0.25, -0.2) is 6.57 Å². The highest BCUT2D eigenvalue weighted by molar-refractivity contribution is 7.10. The normalized spacial score (nSPS) is 8.89. The van der Waals surface area contributed by atoms with Crippen LogP contribution < -0.4 is 0 Å². The van der Waals surface area contributed by atoms with Crippen molar-refractivity contribution in [1.82, 2.24) is 0 Å². The molecule has 0 radical (unpaired) electrons. The SMILES string of the molecule is [C-]#[N+]Cc1cc(C)cs1. The van der Waals surface area contributed by atoms with Gasteiger partial charge < -0.3 is 4.85 Å². The van der Waals surface area contributed by atoms with Crippen LogP contribution in [0.3, 0.4) is 0 Å². The minimum atomic E-state index is 0.540. The van der Waals surface area contributed by atoms with Crippen LogP contribution in [0, 0.1) is 13.5 Å². The topological polar surface area (TPSA) is 4.36 Å². The first-order chi connectivity index (χ1) is 4.33. The molecule has 1 nitrogen and oxygen atoms in total. The van der Waals surface area contributed by atoms with Crippen LogP contribution in [-0.2, 0) is 6.54 Å². The summed E-state index contributed by atoms with van der Waals surface area (Å²) in [7, 11) is 0. The van der Waals surface area contributed by atoms with Crippen molar-refractivity contribution in [3.8, 4) is 0 Å². The maximum absolute atomic E-state index is 6.58. The third-order valence-corrected chi connectivity index (χ3v) is 2.06. The van der Waals surface area contributed by atoms with Gasteiger partial charge >= 0.3 is 0 Å². The van der Waals surface area contributed by atoms with Crippen molar-refractivity contribution in [2.45, 2.75) is 13.5 Å². The molecule has 0 aromatic carbocycles. The molecular formula is C7H7NS. The second-order valence-corrected chi connectivity index (χ2v) is 2.90. The second-order valence-electron chi connectivity index (χ2n) is 1.91. The van der Waals surface area contributed by atoms with Gasteiger partial charge in [0, 0.05) is 0 Å². The minimum Gasteiger partial charge on any atom is -0.311 e. The second kappa shape index (κ2) is 2.65. The Morgan fingerprint density at radius 1 is 1.78 bits per heavy atom. The first kappa shape index (κ1) is 6.31. The van der Waals surface area contributed by atoms with E-state index in [0.29, 0.717) is 6.54 Å². The molecule has 0 spiro atoms. The quantitative estimate of drug-likeness (QED) is 0.524. The zero-order valence-electron chi connectivity index (χ0n) is 5.22. The van der Waals surface area contributed by atoms with Gasteiger partial charge in [0.15, 0.2) is 0 Å². The smallest absolute Gasteiger partial charge is 0.248 e. The van der Waals surface area contributed by atoms with Gasteiger partial charge in [0.25, 0.3) is 0 Å². The van der Waals surface area contributed by atoms with E-state index in [9.17, 15) is 0 Å². The van der Waals surface area contributed by atoms with Crippen LogP contribution >= 0.6 is 11.3 Å². The highest BCUT2D eigenvalue weighted by Crippen LogP contribution is 2.13. The Balaban J connectivity index is 2.76. The Bertz CT molecular complexity index is 231. The fourth-order valence-corrected chi connectivity index (χ4v) is 1.45. The lowest BCUT2D eigenvalue weighted by Crippen LogP contribution is -1.65. The molecule has 0 N–H and O–H groups in total. The van der Waals surface area contributed by atoms with Crippen LogP contribution in [0.5, 0.6) is 0 Å². The lowest BCUT2D eigenvalue weighted by atomic mass is 10.3. The lowest BCUT2D eigenvalue weighted by Gasteiger charge is -1.76. The van der Waals surface area contributed by atoms with E-state index in [0.717, 1.165) is 0 Å². The average molecular weight is 137 g/mol. The fourth-order valence-electron chi connectivity index (χ4n) is 0.651. The summed E-state index contributed by atoms with van der Waals surface area (Å²) in [5, 5.41) is 2.07. The molecule has 0 aliphatic heterocycles. The highest BCUT2D eigenvalue weighted by atomic mass is 32.1. The van der Waals surface area contributed by atoms with Gasteiger partial charge in [-0.15, -0.1) is 11.3 Å². The zero-order valence-corrected chi connectivity index (χ0v) is 6.03. The van der Waals surface area contributed by atoms with E-state index in [4.69, 9.17) is 6.57 Å². The molecule has 0 aliphatic carbocycles. The van der Waals surface area contributed by atoms with E-state index in [1.54, 1.807) is 11.3 Å². The van der Waals surface area contributed by atoms with Crippen molar-refractivity contribution in [2.24, 2.45) is 0 Å². The zero-order chi connectivity index (χ0) is 6.69. The molecule has 0 atom stereocenters. The first-order valence-electron chi connectivity index (χ1n) is 2.70. The van der Waals surface area contributed by atoms with Gasteiger partial charge in [0.2, 0.25) is 6.54 Å². The molecule has 0 saturated carbocycles. The van der Waals surface area contributed by atoms with Crippen molar-refractivity contribution in [2.75, 3.05) is 0 Å². The molecule has 0 fully saturated rings. The van der Waals surface area contributed by atoms with Gasteiger partial charge in [-0.2, -0.15) is 0 Å². The van der Waals surface area contributed by atoms with Gasteiger partial charge in [-0.05, 0) is 23.9 Å². The molecule has 1 aromatic rings. The van der Waals surface area contributed by atoms with Crippen molar-refractivity contribution >= 4 is 11.3 Å². The summed E-state index contributed by atoms with van der Waals surface area (Å²) in [6.45, 7) is 9.17. The number of nitrogens with zero attached hydrogens (tertiary/aromatic N) is 1. The molecule has 2 heteroatoms. The van der Waals surface area contributed by atoms with Crippen molar-refractivity contribution in [3.63, 3.8) is 0 Å². The summed E-state index contributed by atoms with van der Waals surface area (Å²) < 4.78 is 0. The Morgan fingerprint density at radius 2 is 2.56 bits per heavy atom. The van der Waals surface area contributed by atoms with Gasteiger partial charge in [-0.3, -0.25) is 0 Å². The van der Waals surface area contributed by atoms with Crippen LogP contribution in [0.1, 0.15) is 10.4 Å². The Hall–Kier alpha value is -0.810. The molecule has 1 aromatic heterocycles. The predicted molar refractivity (Wildman–Crippen MR) is 39.4 cm³/mol. The monoisotopic (exact) mass is 137 g/mol. The maximum atomic E-state index is 6.58. The summed E-state index contributed by atoms with van der Waals surface area (Å²) in [6.07, 6.45) is 0. The third kappa shape index (κ3) is 1.55. The molecule has 0 unspecified atom stereocenters. The van der Waals surface area contributed by atoms with E-state index in [1.165, 1.54) is 10.4 Å². The largest absolute Gasteiger partial charge is 0.311 e. The maximum Gasteiger partial charge on any atom is 0.248 e. The molecule has 0 amide bonds. The van der Waals surface area contributed by atoms with Crippen LogP contribution in [0.15, 0.2) is 11.4 Å². The van der Waals surface area contributed by atoms with Gasteiger partial charge in [-0.1, -0.05) is 0 Å². The molecule has 0 saturated heterocycles. The molecule has 1 heterocycles. The van der Waals surface area contributed by atoms with E-state index >= 15 is 0 Å². The standard InChI is InChI=1S/C7H7NS/c1-6-3-7(4-8-2)9-5-6/h3,5H,4H2,1H3. The summed E-state index contributed by atoms with van der Waals surface area (Å²) >= 11 is 1.66. The van der Waals surface area contributed by atoms with E-state index in [2.05, 4.69) is 16.3 Å². The van der Waals surface area contributed by atoms with Gasteiger partial charge in [0.1, 0.15) is 0 Å². The van der Waals surface area contributed by atoms with E-state index in [-0.39, 0.29) is 0 Å². The Labute approximate surface area is 58.8 Å². The Morgan fingerprint density at radius 3 is 3.00 bits per heavy atom.